The number of carbonyl (C=O) groups is 1. The lowest BCUT2D eigenvalue weighted by Crippen LogP contribution is -2.44. The van der Waals surface area contributed by atoms with Crippen molar-refractivity contribution in [3.05, 3.63) is 0 Å². The average Bonchev–Trinajstić information content (AvgIpc) is 3.10. The van der Waals surface area contributed by atoms with Gasteiger partial charge < -0.3 is 20.9 Å². The normalized spacial score (nSPS) is 18.2. The zero-order valence-electron chi connectivity index (χ0n) is 9.46. The van der Waals surface area contributed by atoms with Gasteiger partial charge in [0.25, 0.3) is 0 Å². The average molecular weight is 229 g/mol. The molecule has 1 aliphatic carbocycles. The Balaban J connectivity index is 2.70. The van der Waals surface area contributed by atoms with Gasteiger partial charge in [-0.3, -0.25) is 4.79 Å². The van der Waals surface area contributed by atoms with Crippen LogP contribution in [0.15, 0.2) is 5.16 Å². The Bertz CT molecular complexity index is 276. The van der Waals surface area contributed by atoms with Crippen LogP contribution in [0.5, 0.6) is 0 Å². The first-order chi connectivity index (χ1) is 7.65. The Hall–Kier alpha value is -1.30. The molecule has 0 aromatic carbocycles. The largest absolute Gasteiger partial charge is 0.409 e. The second-order valence-electron chi connectivity index (χ2n) is 3.97. The van der Waals surface area contributed by atoms with Gasteiger partial charge in [-0.1, -0.05) is 12.1 Å². The molecule has 0 bridgehead atoms. The summed E-state index contributed by atoms with van der Waals surface area (Å²) in [6.07, 6.45) is 2.43. The number of rotatable bonds is 6. The number of hydrogen-bond donors (Lipinski definition) is 3. The molecule has 1 rings (SSSR count). The van der Waals surface area contributed by atoms with Crippen LogP contribution >= 0.6 is 0 Å². The number of amides is 1. The lowest BCUT2D eigenvalue weighted by atomic mass is 10.0. The molecule has 0 aromatic rings. The molecule has 1 saturated carbocycles. The molecule has 1 aliphatic rings. The van der Waals surface area contributed by atoms with E-state index in [2.05, 4.69) is 5.16 Å². The fourth-order valence-electron chi connectivity index (χ4n) is 1.75. The summed E-state index contributed by atoms with van der Waals surface area (Å²) in [7, 11) is 0. The number of carbonyl (C=O) groups excluding carboxylic acids is 1. The lowest BCUT2D eigenvalue weighted by Gasteiger charge is -2.25. The van der Waals surface area contributed by atoms with Gasteiger partial charge in [-0.05, 0) is 19.3 Å². The molecule has 16 heavy (non-hydrogen) atoms. The molecule has 1 fully saturated rings. The summed E-state index contributed by atoms with van der Waals surface area (Å²) in [6.45, 7) is 2.07. The highest BCUT2D eigenvalue weighted by Gasteiger charge is 2.36. The van der Waals surface area contributed by atoms with Gasteiger partial charge in [0.2, 0.25) is 5.91 Å². The summed E-state index contributed by atoms with van der Waals surface area (Å²) in [5.74, 6) is -0.803. The second-order valence-corrected chi connectivity index (χ2v) is 3.97. The Morgan fingerprint density at radius 1 is 1.62 bits per heavy atom. The van der Waals surface area contributed by atoms with Crippen LogP contribution in [0.1, 0.15) is 26.2 Å². The molecule has 6 nitrogen and oxygen atoms in total. The van der Waals surface area contributed by atoms with Crippen molar-refractivity contribution in [3.8, 4) is 0 Å². The minimum absolute atomic E-state index is 0.0592. The third-order valence-electron chi connectivity index (χ3n) is 2.79. The van der Waals surface area contributed by atoms with E-state index in [0.717, 1.165) is 12.8 Å². The van der Waals surface area contributed by atoms with E-state index < -0.39 is 5.92 Å². The number of oxime groups is 1. The smallest absolute Gasteiger partial charge is 0.233 e. The van der Waals surface area contributed by atoms with Crippen LogP contribution in [0.2, 0.25) is 0 Å². The maximum atomic E-state index is 12.1. The van der Waals surface area contributed by atoms with Crippen LogP contribution in [0.4, 0.5) is 0 Å². The van der Waals surface area contributed by atoms with Crippen molar-refractivity contribution in [1.29, 1.82) is 0 Å². The Morgan fingerprint density at radius 2 is 2.25 bits per heavy atom. The van der Waals surface area contributed by atoms with Gasteiger partial charge in [-0.2, -0.15) is 0 Å². The molecule has 1 amide bonds. The monoisotopic (exact) mass is 229 g/mol. The van der Waals surface area contributed by atoms with Crippen molar-refractivity contribution >= 4 is 11.7 Å². The summed E-state index contributed by atoms with van der Waals surface area (Å²) in [5, 5.41) is 20.4. The van der Waals surface area contributed by atoms with Gasteiger partial charge in [-0.25, -0.2) is 0 Å². The molecule has 0 aromatic heterocycles. The van der Waals surface area contributed by atoms with E-state index in [0.29, 0.717) is 13.0 Å². The zero-order valence-corrected chi connectivity index (χ0v) is 9.46. The highest BCUT2D eigenvalue weighted by molar-refractivity contribution is 6.02. The maximum absolute atomic E-state index is 12.1. The van der Waals surface area contributed by atoms with E-state index >= 15 is 0 Å². The summed E-state index contributed by atoms with van der Waals surface area (Å²) in [5.41, 5.74) is 5.47. The number of nitrogens with zero attached hydrogens (tertiary/aromatic N) is 2. The van der Waals surface area contributed by atoms with Crippen molar-refractivity contribution in [1.82, 2.24) is 4.90 Å². The topological polar surface area (TPSA) is 99.2 Å². The molecule has 92 valence electrons. The number of aliphatic hydroxyl groups is 1. The molecule has 1 atom stereocenters. The van der Waals surface area contributed by atoms with Crippen molar-refractivity contribution in [2.45, 2.75) is 32.2 Å². The molecular formula is C10H19N3O3. The highest BCUT2D eigenvalue weighted by Crippen LogP contribution is 2.28. The lowest BCUT2D eigenvalue weighted by molar-refractivity contribution is -0.134. The second kappa shape index (κ2) is 5.69. The molecule has 0 heterocycles. The predicted octanol–water partition coefficient (Wildman–Crippen LogP) is -0.258. The molecule has 4 N–H and O–H groups in total. The van der Waals surface area contributed by atoms with E-state index in [-0.39, 0.29) is 24.4 Å². The van der Waals surface area contributed by atoms with Crippen LogP contribution in [-0.2, 0) is 4.79 Å². The molecule has 0 spiro atoms. The summed E-state index contributed by atoms with van der Waals surface area (Å²) in [6, 6.07) is 0.222. The Morgan fingerprint density at radius 3 is 2.62 bits per heavy atom. The van der Waals surface area contributed by atoms with E-state index in [4.69, 9.17) is 16.0 Å². The van der Waals surface area contributed by atoms with E-state index in [9.17, 15) is 4.79 Å². The predicted molar refractivity (Wildman–Crippen MR) is 59.0 cm³/mol. The first-order valence-electron chi connectivity index (χ1n) is 5.54. The number of aliphatic hydroxyl groups excluding tert-OH is 1. The summed E-state index contributed by atoms with van der Waals surface area (Å²) >= 11 is 0. The number of hydrogen-bond acceptors (Lipinski definition) is 4. The van der Waals surface area contributed by atoms with Gasteiger partial charge in [0, 0.05) is 12.6 Å². The Labute approximate surface area is 94.7 Å². The highest BCUT2D eigenvalue weighted by atomic mass is 16.4. The first kappa shape index (κ1) is 12.8. The molecule has 0 saturated heterocycles. The van der Waals surface area contributed by atoms with Gasteiger partial charge in [0.15, 0.2) is 5.84 Å². The van der Waals surface area contributed by atoms with Crippen molar-refractivity contribution < 1.29 is 15.1 Å². The van der Waals surface area contributed by atoms with E-state index in [1.807, 2.05) is 6.92 Å². The number of nitrogens with two attached hydrogens (primary N) is 1. The van der Waals surface area contributed by atoms with E-state index in [1.54, 1.807) is 4.90 Å². The minimum atomic E-state index is -0.586. The van der Waals surface area contributed by atoms with E-state index in [1.165, 1.54) is 0 Å². The maximum Gasteiger partial charge on any atom is 0.233 e. The summed E-state index contributed by atoms with van der Waals surface area (Å²) < 4.78 is 0. The molecule has 1 unspecified atom stereocenters. The third-order valence-corrected chi connectivity index (χ3v) is 2.79. The van der Waals surface area contributed by atoms with Crippen LogP contribution in [-0.4, -0.2) is 46.1 Å². The standard InChI is InChI=1S/C10H19N3O3/c1-2-8(9(11)12-16)10(15)13(5-6-14)7-3-4-7/h7-8,14,16H,2-6H2,1H3,(H2,11,12). The number of amidine groups is 1. The van der Waals surface area contributed by atoms with Crippen LogP contribution in [0, 0.1) is 5.92 Å². The fraction of sp³-hybridized carbons (Fsp3) is 0.800. The van der Waals surface area contributed by atoms with Crippen LogP contribution in [0.25, 0.3) is 0 Å². The first-order valence-corrected chi connectivity index (χ1v) is 5.54. The fourth-order valence-corrected chi connectivity index (χ4v) is 1.75. The van der Waals surface area contributed by atoms with Gasteiger partial charge in [0.1, 0.15) is 0 Å². The molecular weight excluding hydrogens is 210 g/mol. The SMILES string of the molecule is CCC(C(=O)N(CCO)C1CC1)C(N)=NO. The third kappa shape index (κ3) is 2.85. The quantitative estimate of drug-likeness (QED) is 0.253. The minimum Gasteiger partial charge on any atom is -0.409 e. The van der Waals surface area contributed by atoms with Crippen molar-refractivity contribution in [2.24, 2.45) is 16.8 Å². The summed E-state index contributed by atoms with van der Waals surface area (Å²) in [4.78, 5) is 13.7. The molecule has 0 radical (unpaired) electrons. The zero-order chi connectivity index (χ0) is 12.1. The molecule has 0 aliphatic heterocycles. The van der Waals surface area contributed by atoms with Gasteiger partial charge in [0.05, 0.1) is 12.5 Å². The van der Waals surface area contributed by atoms with Gasteiger partial charge >= 0.3 is 0 Å². The van der Waals surface area contributed by atoms with Crippen LogP contribution < -0.4 is 5.73 Å². The van der Waals surface area contributed by atoms with Crippen molar-refractivity contribution in [3.63, 3.8) is 0 Å². The van der Waals surface area contributed by atoms with Crippen molar-refractivity contribution in [2.75, 3.05) is 13.2 Å². The van der Waals surface area contributed by atoms with Crippen LogP contribution in [0.3, 0.4) is 0 Å². The Kier molecular flexibility index (Phi) is 4.54. The molecule has 6 heteroatoms. The van der Waals surface area contributed by atoms with Gasteiger partial charge in [-0.15, -0.1) is 0 Å².